The summed E-state index contributed by atoms with van der Waals surface area (Å²) in [5.74, 6) is 12.7. The summed E-state index contributed by atoms with van der Waals surface area (Å²) in [6.45, 7) is 34.1. The monoisotopic (exact) mass is 1820 g/mol. The van der Waals surface area contributed by atoms with Gasteiger partial charge in [0.2, 0.25) is 0 Å². The Morgan fingerprint density at radius 3 is 0.772 bits per heavy atom. The number of nitrogens with zero attached hydrogens (tertiary/aromatic N) is 10. The van der Waals surface area contributed by atoms with Gasteiger partial charge in [0.1, 0.15) is 51.1 Å². The van der Waals surface area contributed by atoms with Crippen molar-refractivity contribution < 1.29 is 24.2 Å². The van der Waals surface area contributed by atoms with Crippen LogP contribution in [0.1, 0.15) is 364 Å². The van der Waals surface area contributed by atoms with Crippen LogP contribution in [0.3, 0.4) is 0 Å². The van der Waals surface area contributed by atoms with Crippen molar-refractivity contribution in [3.63, 3.8) is 0 Å². The molecule has 10 nitrogen and oxygen atoms in total. The average Bonchev–Trinajstić information content (AvgIpc) is 1.54. The van der Waals surface area contributed by atoms with Gasteiger partial charge in [-0.2, -0.15) is 22.8 Å². The van der Waals surface area contributed by atoms with E-state index in [-0.39, 0.29) is 22.2 Å². The molecule has 10 heteroatoms. The molecule has 13 aliphatic rings. The van der Waals surface area contributed by atoms with Gasteiger partial charge in [-0.1, -0.05) is 256 Å². The predicted octanol–water partition coefficient (Wildman–Crippen LogP) is 29.4. The molecule has 712 valence electrons. The highest BCUT2D eigenvalue weighted by Gasteiger charge is 2.60. The number of rotatable bonds is 14. The molecule has 3 atom stereocenters. The Labute approximate surface area is 819 Å². The van der Waals surface area contributed by atoms with Crippen LogP contribution >= 0.6 is 0 Å². The number of para-hydroxylation sites is 5. The molecule has 8 fully saturated rings. The summed E-state index contributed by atoms with van der Waals surface area (Å²) in [4.78, 5) is 0. The third kappa shape index (κ3) is 16.0. The molecule has 136 heavy (non-hydrogen) atoms. The Hall–Kier alpha value is -9.93. The first kappa shape index (κ1) is 92.4. The molecule has 0 N–H and O–H groups in total. The molecule has 10 heterocycles. The van der Waals surface area contributed by atoms with Crippen LogP contribution in [0, 0.1) is 151 Å². The van der Waals surface area contributed by atoms with E-state index in [2.05, 4.69) is 362 Å². The lowest BCUT2D eigenvalue weighted by atomic mass is 9.64. The van der Waals surface area contributed by atoms with Crippen LogP contribution in [-0.4, -0.2) is 22.8 Å². The second kappa shape index (κ2) is 39.4. The standard InChI is InChI=1S/C27H37N2.C27H31N2.C26H35N2.C25H33N2.C21H27N2/c2*1-20-12-10-11-17-25(20)28-21(2)26-18-19-27(29(26)22(28)3,23-13-6-4-7-14-23)24-15-8-5-9-16-24;1-19-11-7-10-16-24(19)27-20(2)25-17-18-26(28(25)21(27)3,23-14-8-9-15-23)22-12-5-4-6-13-22;1-18-10-4-9-15-23(18)26-19(2)24-16-17-25(27(24)20(26)3,21-11-5-6-12-21)22-13-7-8-14-22;1-15-9-7-8-12-19(15)22-16(2)20-13-14-21(23(20)17(22)3)18-10-5-4-6-11-18/h10-12,17-19,23-24H,4-9,13-16H2,1-3H3;4,6-7,10-14,17-19,24H,5,8-9,15-16H2,1-3H3;7,10-11,16-18,22-23H,4-6,8-9,12-15H2,1-3H3;4,9-10,15-17,21-22H,5-8,11-14H2,1-3H3;7-9,12-14,18,21H,4-6,10-11H2,1-3H3/q5*+1/i;;;;21D. The molecule has 3 unspecified atom stereocenters. The molecule has 0 bridgehead atoms. The first-order valence-electron chi connectivity index (χ1n) is 55.2. The van der Waals surface area contributed by atoms with Gasteiger partial charge < -0.3 is 0 Å². The van der Waals surface area contributed by atoms with Gasteiger partial charge in [0.25, 0.3) is 29.1 Å². The van der Waals surface area contributed by atoms with Crippen molar-refractivity contribution in [2.45, 2.75) is 370 Å². The van der Waals surface area contributed by atoms with Crippen molar-refractivity contribution in [3.8, 4) is 28.4 Å². The number of aryl methyl sites for hydroxylation is 5. The topological polar surface area (TPSA) is 44.0 Å². The SMILES string of the molecule is Cc1ccccc1-n1c(C)c2[n+](c1C)C(C1CCCC1)(C1CCCC1)C=C2.Cc1ccccc1-n1c(C)c2[n+](c1C)C(C1CCCCC1)(C1CCCC1)C=C2.Cc1ccccc1-n1c(C)c2[n+](c1C)C(C1CCCCC1)(C1CCCCC1)C=C2.Cc1ccccc1-n1c(C)c2[n+](c1C)C(c1ccccc1)(C1CCCCC1)C=C2.[2H]C1(C2CCCCC2)C=Cc2c(C)n(-c3ccccc3C)c(C)[n+]21. The fourth-order valence-electron chi connectivity index (χ4n) is 30.9. The minimum Gasteiger partial charge on any atom is -0.221 e. The Bertz CT molecular complexity index is 6340. The molecule has 8 aliphatic carbocycles. The van der Waals surface area contributed by atoms with E-state index in [1.54, 1.807) is 0 Å². The van der Waals surface area contributed by atoms with Crippen molar-refractivity contribution in [3.05, 3.63) is 301 Å². The van der Waals surface area contributed by atoms with E-state index < -0.39 is 6.02 Å². The second-order valence-electron chi connectivity index (χ2n) is 44.4. The number of hydrogen-bond donors (Lipinski definition) is 0. The first-order valence-corrected chi connectivity index (χ1v) is 54.7. The van der Waals surface area contributed by atoms with E-state index in [9.17, 15) is 1.37 Å². The fourth-order valence-corrected chi connectivity index (χ4v) is 30.9. The lowest BCUT2D eigenvalue weighted by Gasteiger charge is -2.44. The van der Waals surface area contributed by atoms with E-state index in [1.807, 2.05) is 0 Å². The maximum Gasteiger partial charge on any atom is 0.260 e. The summed E-state index contributed by atoms with van der Waals surface area (Å²) >= 11 is 0. The molecule has 0 radical (unpaired) electrons. The van der Waals surface area contributed by atoms with Gasteiger partial charge >= 0.3 is 0 Å². The maximum atomic E-state index is 9.29. The molecule has 5 aromatic heterocycles. The van der Waals surface area contributed by atoms with Crippen molar-refractivity contribution in [2.24, 2.45) is 47.3 Å². The quantitative estimate of drug-likeness (QED) is 0.0974. The number of benzene rings is 6. The summed E-state index contributed by atoms with van der Waals surface area (Å²) in [6, 6.07) is 54.4. The Kier molecular flexibility index (Phi) is 26.8. The number of aromatic nitrogens is 10. The van der Waals surface area contributed by atoms with Gasteiger partial charge in [-0.25, -0.2) is 22.8 Å². The van der Waals surface area contributed by atoms with Gasteiger partial charge in [-0.15, -0.1) is 0 Å². The molecule has 11 aromatic rings. The number of imidazole rings is 5. The third-order valence-electron chi connectivity index (χ3n) is 37.3. The van der Waals surface area contributed by atoms with Crippen molar-refractivity contribution in [2.75, 3.05) is 0 Å². The van der Waals surface area contributed by atoms with Crippen molar-refractivity contribution in [1.29, 1.82) is 0 Å². The van der Waals surface area contributed by atoms with Crippen LogP contribution in [0.5, 0.6) is 0 Å². The van der Waals surface area contributed by atoms with Crippen LogP contribution < -0.4 is 22.8 Å². The van der Waals surface area contributed by atoms with Crippen molar-refractivity contribution >= 4 is 30.4 Å². The predicted molar refractivity (Wildman–Crippen MR) is 561 cm³/mol. The Morgan fingerprint density at radius 2 is 0.471 bits per heavy atom. The minimum atomic E-state index is -0.613. The molecule has 0 saturated heterocycles. The van der Waals surface area contributed by atoms with E-state index in [1.165, 1.54) is 385 Å². The normalized spacial score (nSPS) is 23.1. The molecule has 6 aromatic carbocycles. The average molecular weight is 1820 g/mol. The van der Waals surface area contributed by atoms with Gasteiger partial charge in [0.15, 0.2) is 62.5 Å². The van der Waals surface area contributed by atoms with E-state index in [0.717, 1.165) is 35.5 Å². The van der Waals surface area contributed by atoms with Crippen LogP contribution in [-0.2, 0) is 22.2 Å². The largest absolute Gasteiger partial charge is 0.260 e. The number of allylic oxidation sites excluding steroid dienone is 5. The molecule has 8 saturated carbocycles. The summed E-state index contributed by atoms with van der Waals surface area (Å²) < 4.78 is 35.0. The van der Waals surface area contributed by atoms with E-state index >= 15 is 0 Å². The Morgan fingerprint density at radius 1 is 0.235 bits per heavy atom. The van der Waals surface area contributed by atoms with Crippen LogP contribution in [0.25, 0.3) is 58.8 Å². The lowest BCUT2D eigenvalue weighted by molar-refractivity contribution is -0.771. The zero-order valence-electron chi connectivity index (χ0n) is 87.0. The number of hydrogen-bond acceptors (Lipinski definition) is 0. The zero-order chi connectivity index (χ0) is 94.8. The Balaban J connectivity index is 0.000000106. The van der Waals surface area contributed by atoms with Gasteiger partial charge in [-0.3, -0.25) is 0 Å². The first-order chi connectivity index (χ1) is 66.6. The van der Waals surface area contributed by atoms with Crippen LogP contribution in [0.2, 0.25) is 0 Å². The van der Waals surface area contributed by atoms with E-state index in [4.69, 9.17) is 0 Å². The highest BCUT2D eigenvalue weighted by molar-refractivity contribution is 5.60. The van der Waals surface area contributed by atoms with Crippen LogP contribution in [0.4, 0.5) is 0 Å². The second-order valence-corrected chi connectivity index (χ2v) is 44.4. The minimum absolute atomic E-state index is 0.0697. The summed E-state index contributed by atoms with van der Waals surface area (Å²) in [5, 5.41) is 0. The van der Waals surface area contributed by atoms with Crippen molar-refractivity contribution in [1.82, 2.24) is 22.8 Å². The van der Waals surface area contributed by atoms with E-state index in [0.29, 0.717) is 11.8 Å². The molecular weight excluding hydrogens is 1650 g/mol. The maximum absolute atomic E-state index is 9.29. The highest BCUT2D eigenvalue weighted by atomic mass is 15.3. The van der Waals surface area contributed by atoms with Gasteiger partial charge in [0.05, 0.1) is 1.37 Å². The fraction of sp³-hybridized carbons (Fsp3) is 0.516. The lowest BCUT2D eigenvalue weighted by Crippen LogP contribution is -2.64. The summed E-state index contributed by atoms with van der Waals surface area (Å²) in [6.07, 6.45) is 75.6. The highest BCUT2D eigenvalue weighted by Crippen LogP contribution is 2.55. The summed E-state index contributed by atoms with van der Waals surface area (Å²) in [7, 11) is 0. The zero-order valence-corrected chi connectivity index (χ0v) is 86.0. The molecular formula is C126H163N10+5. The molecule has 5 aliphatic heterocycles. The van der Waals surface area contributed by atoms with Gasteiger partial charge in [-0.05, 0) is 256 Å². The van der Waals surface area contributed by atoms with Crippen LogP contribution in [0.15, 0.2) is 182 Å². The smallest absolute Gasteiger partial charge is 0.221 e. The molecule has 0 spiro atoms. The molecule has 0 amide bonds. The molecule has 24 rings (SSSR count). The number of fused-ring (bicyclic) bond motifs is 5. The third-order valence-corrected chi connectivity index (χ3v) is 37.3. The van der Waals surface area contributed by atoms with Gasteiger partial charge in [0, 0.05) is 122 Å². The summed E-state index contributed by atoms with van der Waals surface area (Å²) in [5.41, 5.74) is 28.9.